The van der Waals surface area contributed by atoms with Gasteiger partial charge in [0, 0.05) is 6.20 Å². The van der Waals surface area contributed by atoms with Crippen LogP contribution in [0.3, 0.4) is 0 Å². The summed E-state index contributed by atoms with van der Waals surface area (Å²) < 4.78 is 1.10. The lowest BCUT2D eigenvalue weighted by Gasteiger charge is -2.09. The van der Waals surface area contributed by atoms with E-state index < -0.39 is 11.2 Å². The number of aromatic nitrogens is 3. The molecule has 0 aliphatic heterocycles. The molecule has 0 aliphatic carbocycles. The van der Waals surface area contributed by atoms with E-state index in [4.69, 9.17) is 0 Å². The maximum Gasteiger partial charge on any atom is 0.331 e. The molecular weight excluding hydrogens is 234 g/mol. The Hall–Kier alpha value is -2.37. The first kappa shape index (κ1) is 12.1. The van der Waals surface area contributed by atoms with Crippen LogP contribution in [0.1, 0.15) is 18.2 Å². The highest BCUT2D eigenvalue weighted by atomic mass is 16.3. The average Bonchev–Trinajstić information content (AvgIpc) is 2.36. The second-order valence-electron chi connectivity index (χ2n) is 3.82. The predicted molar refractivity (Wildman–Crippen MR) is 65.7 cm³/mol. The first-order valence-corrected chi connectivity index (χ1v) is 5.58. The molecule has 0 aromatic carbocycles. The fourth-order valence-electron chi connectivity index (χ4n) is 1.72. The second-order valence-corrected chi connectivity index (χ2v) is 3.82. The summed E-state index contributed by atoms with van der Waals surface area (Å²) in [4.78, 5) is 29.4. The molecule has 0 spiro atoms. The van der Waals surface area contributed by atoms with Crippen LogP contribution in [-0.4, -0.2) is 19.6 Å². The zero-order valence-electron chi connectivity index (χ0n) is 9.88. The molecule has 94 valence electrons. The van der Waals surface area contributed by atoms with Gasteiger partial charge in [0.05, 0.1) is 17.8 Å². The largest absolute Gasteiger partial charge is 0.494 e. The lowest BCUT2D eigenvalue weighted by Crippen LogP contribution is -2.32. The summed E-state index contributed by atoms with van der Waals surface area (Å²) in [6, 6.07) is 5.29. The number of pyridine rings is 1. The summed E-state index contributed by atoms with van der Waals surface area (Å²) >= 11 is 0. The number of rotatable bonds is 3. The lowest BCUT2D eigenvalue weighted by atomic mass is 10.2. The van der Waals surface area contributed by atoms with Gasteiger partial charge in [-0.3, -0.25) is 19.3 Å². The Morgan fingerprint density at radius 2 is 2.17 bits per heavy atom. The molecule has 0 radical (unpaired) electrons. The molecule has 2 aromatic rings. The summed E-state index contributed by atoms with van der Waals surface area (Å²) in [6.07, 6.45) is 1.95. The van der Waals surface area contributed by atoms with Crippen molar-refractivity contribution in [3.8, 4) is 5.88 Å². The van der Waals surface area contributed by atoms with Crippen molar-refractivity contribution in [1.29, 1.82) is 0 Å². The molecule has 6 heteroatoms. The molecule has 0 saturated carbocycles. The average molecular weight is 247 g/mol. The maximum atomic E-state index is 11.7. The molecule has 2 rings (SSSR count). The van der Waals surface area contributed by atoms with Crippen LogP contribution in [0.5, 0.6) is 5.88 Å². The minimum Gasteiger partial charge on any atom is -0.494 e. The molecule has 2 heterocycles. The van der Waals surface area contributed by atoms with E-state index in [1.807, 2.05) is 0 Å². The zero-order chi connectivity index (χ0) is 13.1. The van der Waals surface area contributed by atoms with Gasteiger partial charge in [-0.1, -0.05) is 13.0 Å². The first-order valence-electron chi connectivity index (χ1n) is 5.58. The summed E-state index contributed by atoms with van der Waals surface area (Å²) in [6.45, 7) is 1.86. The van der Waals surface area contributed by atoms with Gasteiger partial charge >= 0.3 is 5.69 Å². The minimum atomic E-state index is -0.639. The summed E-state index contributed by atoms with van der Waals surface area (Å²) in [5.74, 6) is -0.295. The van der Waals surface area contributed by atoms with Crippen LogP contribution < -0.4 is 11.2 Å². The molecular formula is C12H13N3O3. The number of nitrogens with one attached hydrogen (secondary N) is 1. The molecule has 18 heavy (non-hydrogen) atoms. The van der Waals surface area contributed by atoms with Crippen LogP contribution in [0.15, 0.2) is 34.0 Å². The van der Waals surface area contributed by atoms with E-state index in [0.29, 0.717) is 12.1 Å². The quantitative estimate of drug-likeness (QED) is 0.813. The fourth-order valence-corrected chi connectivity index (χ4v) is 1.72. The molecule has 0 bridgehead atoms. The highest BCUT2D eigenvalue weighted by Crippen LogP contribution is 2.11. The van der Waals surface area contributed by atoms with E-state index in [1.54, 1.807) is 31.3 Å². The van der Waals surface area contributed by atoms with Crippen LogP contribution in [0.4, 0.5) is 0 Å². The summed E-state index contributed by atoms with van der Waals surface area (Å²) in [5, 5.41) is 9.93. The van der Waals surface area contributed by atoms with Crippen molar-refractivity contribution in [2.75, 3.05) is 0 Å². The van der Waals surface area contributed by atoms with Crippen molar-refractivity contribution in [3.63, 3.8) is 0 Å². The van der Waals surface area contributed by atoms with Crippen LogP contribution in [0.25, 0.3) is 0 Å². The van der Waals surface area contributed by atoms with Crippen LogP contribution in [0, 0.1) is 0 Å². The highest BCUT2D eigenvalue weighted by molar-refractivity contribution is 5.23. The molecule has 6 nitrogen and oxygen atoms in total. The minimum absolute atomic E-state index is 0.120. The standard InChI is InChI=1S/C12H13N3O3/c1-2-9-10(16)14-12(18)15(11(9)17)7-8-5-3-4-6-13-8/h3-6,17H,2,7H2,1H3,(H,14,16,18). The van der Waals surface area contributed by atoms with E-state index in [-0.39, 0.29) is 18.0 Å². The predicted octanol–water partition coefficient (Wildman–Crippen LogP) is 0.248. The van der Waals surface area contributed by atoms with Gasteiger partial charge in [0.15, 0.2) is 0 Å². The van der Waals surface area contributed by atoms with Crippen molar-refractivity contribution in [1.82, 2.24) is 14.5 Å². The first-order chi connectivity index (χ1) is 8.63. The van der Waals surface area contributed by atoms with Gasteiger partial charge in [0.2, 0.25) is 5.88 Å². The Bertz CT molecular complexity index is 659. The monoisotopic (exact) mass is 247 g/mol. The van der Waals surface area contributed by atoms with E-state index >= 15 is 0 Å². The van der Waals surface area contributed by atoms with Gasteiger partial charge in [-0.2, -0.15) is 0 Å². The van der Waals surface area contributed by atoms with Gasteiger partial charge < -0.3 is 5.11 Å². The van der Waals surface area contributed by atoms with E-state index in [9.17, 15) is 14.7 Å². The van der Waals surface area contributed by atoms with Gasteiger partial charge in [-0.15, -0.1) is 0 Å². The molecule has 0 unspecified atom stereocenters. The number of nitrogens with zero attached hydrogens (tertiary/aromatic N) is 2. The molecule has 0 atom stereocenters. The Morgan fingerprint density at radius 1 is 1.39 bits per heavy atom. The molecule has 0 aliphatic rings. The van der Waals surface area contributed by atoms with E-state index in [0.717, 1.165) is 4.57 Å². The third-order valence-electron chi connectivity index (χ3n) is 2.67. The summed E-state index contributed by atoms with van der Waals surface area (Å²) in [5.41, 5.74) is -0.354. The van der Waals surface area contributed by atoms with Crippen LogP contribution >= 0.6 is 0 Å². The highest BCUT2D eigenvalue weighted by Gasteiger charge is 2.12. The van der Waals surface area contributed by atoms with Crippen molar-refractivity contribution < 1.29 is 5.11 Å². The number of hydrogen-bond donors (Lipinski definition) is 2. The number of aromatic hydroxyl groups is 1. The number of hydrogen-bond acceptors (Lipinski definition) is 4. The fraction of sp³-hybridized carbons (Fsp3) is 0.250. The maximum absolute atomic E-state index is 11.7. The molecule has 0 amide bonds. The SMILES string of the molecule is CCc1c(O)n(Cc2ccccn2)c(=O)[nH]c1=O. The third kappa shape index (κ3) is 2.17. The number of aromatic amines is 1. The topological polar surface area (TPSA) is 88.0 Å². The van der Waals surface area contributed by atoms with Gasteiger partial charge in [-0.25, -0.2) is 4.79 Å². The molecule has 0 saturated heterocycles. The molecule has 2 N–H and O–H groups in total. The van der Waals surface area contributed by atoms with Crippen molar-refractivity contribution in [2.24, 2.45) is 0 Å². The summed E-state index contributed by atoms with van der Waals surface area (Å²) in [7, 11) is 0. The zero-order valence-corrected chi connectivity index (χ0v) is 9.88. The van der Waals surface area contributed by atoms with Gasteiger partial charge in [-0.05, 0) is 18.6 Å². The second kappa shape index (κ2) is 4.87. The normalized spacial score (nSPS) is 10.5. The van der Waals surface area contributed by atoms with Gasteiger partial charge in [0.25, 0.3) is 5.56 Å². The van der Waals surface area contributed by atoms with Crippen LogP contribution in [-0.2, 0) is 13.0 Å². The van der Waals surface area contributed by atoms with Crippen molar-refractivity contribution in [2.45, 2.75) is 19.9 Å². The Kier molecular flexibility index (Phi) is 3.27. The number of H-pyrrole nitrogens is 1. The van der Waals surface area contributed by atoms with Crippen LogP contribution in [0.2, 0.25) is 0 Å². The Balaban J connectivity index is 2.52. The van der Waals surface area contributed by atoms with Gasteiger partial charge in [0.1, 0.15) is 0 Å². The molecule has 2 aromatic heterocycles. The third-order valence-corrected chi connectivity index (χ3v) is 2.67. The smallest absolute Gasteiger partial charge is 0.331 e. The Labute approximate surface area is 103 Å². The molecule has 0 fully saturated rings. The van der Waals surface area contributed by atoms with Crippen molar-refractivity contribution in [3.05, 3.63) is 56.5 Å². The van der Waals surface area contributed by atoms with Crippen molar-refractivity contribution >= 4 is 0 Å². The Morgan fingerprint density at radius 3 is 2.78 bits per heavy atom. The van der Waals surface area contributed by atoms with E-state index in [1.165, 1.54) is 0 Å². The van der Waals surface area contributed by atoms with E-state index in [2.05, 4.69) is 9.97 Å². The lowest BCUT2D eigenvalue weighted by molar-refractivity contribution is 0.401.